The fourth-order valence-corrected chi connectivity index (χ4v) is 2.32. The Bertz CT molecular complexity index is 282. The third kappa shape index (κ3) is 2.46. The zero-order valence-electron chi connectivity index (χ0n) is 11.6. The van der Waals surface area contributed by atoms with Gasteiger partial charge in [-0.1, -0.05) is 0 Å². The van der Waals surface area contributed by atoms with Crippen molar-refractivity contribution in [1.29, 1.82) is 0 Å². The first kappa shape index (κ1) is 13.7. The van der Waals surface area contributed by atoms with E-state index < -0.39 is 5.60 Å². The molecule has 1 atom stereocenters. The van der Waals surface area contributed by atoms with Gasteiger partial charge in [0.1, 0.15) is 5.60 Å². The Morgan fingerprint density at radius 1 is 1.31 bits per heavy atom. The van der Waals surface area contributed by atoms with Gasteiger partial charge in [-0.3, -0.25) is 4.79 Å². The van der Waals surface area contributed by atoms with Crippen molar-refractivity contribution in [1.82, 2.24) is 4.90 Å². The minimum atomic E-state index is -0.633. The number of carbonyl (C=O) groups excluding carboxylic acids is 1. The van der Waals surface area contributed by atoms with E-state index in [4.69, 9.17) is 4.74 Å². The summed E-state index contributed by atoms with van der Waals surface area (Å²) in [5.74, 6) is 0.194. The van der Waals surface area contributed by atoms with Gasteiger partial charge in [0, 0.05) is 12.6 Å². The highest BCUT2D eigenvalue weighted by Crippen LogP contribution is 2.39. The van der Waals surface area contributed by atoms with Crippen LogP contribution in [0.15, 0.2) is 0 Å². The maximum Gasteiger partial charge on any atom is 0.171 e. The third-order valence-electron chi connectivity index (χ3n) is 3.62. The molecule has 0 aromatic rings. The number of carbonyl (C=O) groups is 1. The van der Waals surface area contributed by atoms with E-state index in [1.165, 1.54) is 0 Å². The van der Waals surface area contributed by atoms with Crippen LogP contribution in [0.5, 0.6) is 0 Å². The molecular weight excluding hydrogens is 202 g/mol. The van der Waals surface area contributed by atoms with Gasteiger partial charge < -0.3 is 9.64 Å². The van der Waals surface area contributed by atoms with Gasteiger partial charge in [0.15, 0.2) is 5.78 Å². The van der Waals surface area contributed by atoms with E-state index in [1.54, 1.807) is 0 Å². The van der Waals surface area contributed by atoms with E-state index >= 15 is 0 Å². The average molecular weight is 227 g/mol. The van der Waals surface area contributed by atoms with E-state index in [-0.39, 0.29) is 17.3 Å². The van der Waals surface area contributed by atoms with Crippen molar-refractivity contribution in [3.05, 3.63) is 0 Å². The van der Waals surface area contributed by atoms with Crippen molar-refractivity contribution in [3.63, 3.8) is 0 Å². The lowest BCUT2D eigenvalue weighted by Gasteiger charge is -2.30. The lowest BCUT2D eigenvalue weighted by atomic mass is 9.85. The Balaban J connectivity index is 2.83. The minimum Gasteiger partial charge on any atom is -0.361 e. The molecule has 0 amide bonds. The first-order valence-corrected chi connectivity index (χ1v) is 6.02. The normalized spacial score (nSPS) is 28.1. The quantitative estimate of drug-likeness (QED) is 0.739. The maximum absolute atomic E-state index is 12.2. The summed E-state index contributed by atoms with van der Waals surface area (Å²) in [5.41, 5.74) is -0.990. The summed E-state index contributed by atoms with van der Waals surface area (Å²) >= 11 is 0. The number of ether oxygens (including phenoxy) is 1. The Morgan fingerprint density at radius 3 is 2.12 bits per heavy atom. The Hall–Kier alpha value is -0.410. The second kappa shape index (κ2) is 4.11. The third-order valence-corrected chi connectivity index (χ3v) is 3.62. The molecule has 1 fully saturated rings. The first-order valence-electron chi connectivity index (χ1n) is 6.02. The lowest BCUT2D eigenvalue weighted by molar-refractivity contribution is -0.132. The summed E-state index contributed by atoms with van der Waals surface area (Å²) in [6.45, 7) is 12.8. The smallest absolute Gasteiger partial charge is 0.171 e. The van der Waals surface area contributed by atoms with Crippen molar-refractivity contribution in [2.24, 2.45) is 5.92 Å². The van der Waals surface area contributed by atoms with E-state index in [0.29, 0.717) is 6.04 Å². The largest absolute Gasteiger partial charge is 0.361 e. The molecule has 0 saturated carbocycles. The average Bonchev–Trinajstić information content (AvgIpc) is 2.23. The van der Waals surface area contributed by atoms with Crippen LogP contribution in [0.2, 0.25) is 0 Å². The van der Waals surface area contributed by atoms with E-state index in [2.05, 4.69) is 25.8 Å². The first-order chi connectivity index (χ1) is 7.08. The number of Topliss-reactive ketones (excluding diaryl/α,β-unsaturated/α-hetero) is 1. The predicted molar refractivity (Wildman–Crippen MR) is 65.5 cm³/mol. The van der Waals surface area contributed by atoms with Crippen LogP contribution < -0.4 is 0 Å². The van der Waals surface area contributed by atoms with Crippen molar-refractivity contribution in [3.8, 4) is 0 Å². The highest BCUT2D eigenvalue weighted by atomic mass is 16.5. The molecule has 0 aromatic carbocycles. The molecular formula is C13H25NO2. The molecule has 1 aliphatic rings. The molecule has 3 heteroatoms. The highest BCUT2D eigenvalue weighted by molar-refractivity contribution is 5.91. The van der Waals surface area contributed by atoms with Crippen LogP contribution in [0.4, 0.5) is 0 Å². The Kier molecular flexibility index (Phi) is 3.51. The van der Waals surface area contributed by atoms with Gasteiger partial charge in [-0.25, -0.2) is 0 Å². The van der Waals surface area contributed by atoms with Gasteiger partial charge in [0.05, 0.1) is 11.5 Å². The summed E-state index contributed by atoms with van der Waals surface area (Å²) in [6.07, 6.45) is 0. The summed E-state index contributed by atoms with van der Waals surface area (Å²) in [4.78, 5) is 14.5. The summed E-state index contributed by atoms with van der Waals surface area (Å²) in [7, 11) is 2.05. The molecule has 16 heavy (non-hydrogen) atoms. The van der Waals surface area contributed by atoms with Crippen LogP contribution in [0.25, 0.3) is 0 Å². The second-order valence-corrected chi connectivity index (χ2v) is 6.17. The molecule has 0 bridgehead atoms. The van der Waals surface area contributed by atoms with E-state index in [1.807, 2.05) is 27.7 Å². The molecule has 1 unspecified atom stereocenters. The maximum atomic E-state index is 12.2. The monoisotopic (exact) mass is 227 g/mol. The summed E-state index contributed by atoms with van der Waals surface area (Å²) < 4.78 is 5.87. The van der Waals surface area contributed by atoms with E-state index in [0.717, 1.165) is 6.54 Å². The van der Waals surface area contributed by atoms with Gasteiger partial charge >= 0.3 is 0 Å². The van der Waals surface area contributed by atoms with Crippen LogP contribution >= 0.6 is 0 Å². The molecule has 94 valence electrons. The SMILES string of the molecule is CC(C)N(C)CC1C(=O)C(C)(C)OC1(C)C. The Morgan fingerprint density at radius 2 is 1.81 bits per heavy atom. The molecule has 0 aliphatic carbocycles. The highest BCUT2D eigenvalue weighted by Gasteiger charge is 2.53. The molecule has 1 aliphatic heterocycles. The van der Waals surface area contributed by atoms with Crippen LogP contribution in [-0.4, -0.2) is 41.5 Å². The zero-order chi connectivity index (χ0) is 12.7. The zero-order valence-corrected chi connectivity index (χ0v) is 11.6. The van der Waals surface area contributed by atoms with Crippen LogP contribution in [0, 0.1) is 5.92 Å². The van der Waals surface area contributed by atoms with Crippen molar-refractivity contribution < 1.29 is 9.53 Å². The minimum absolute atomic E-state index is 0.0325. The molecule has 0 N–H and O–H groups in total. The molecule has 0 spiro atoms. The number of nitrogens with zero attached hydrogens (tertiary/aromatic N) is 1. The molecule has 1 rings (SSSR count). The standard InChI is InChI=1S/C13H25NO2/c1-9(2)14(7)8-10-11(15)13(5,6)16-12(10,3)4/h9-10H,8H2,1-7H3. The van der Waals surface area contributed by atoms with E-state index in [9.17, 15) is 4.79 Å². The van der Waals surface area contributed by atoms with Gasteiger partial charge in [0.2, 0.25) is 0 Å². The van der Waals surface area contributed by atoms with Crippen LogP contribution in [0.3, 0.4) is 0 Å². The van der Waals surface area contributed by atoms with Crippen LogP contribution in [-0.2, 0) is 9.53 Å². The summed E-state index contributed by atoms with van der Waals surface area (Å²) in [6, 6.07) is 0.451. The van der Waals surface area contributed by atoms with Crippen LogP contribution in [0.1, 0.15) is 41.5 Å². The number of hydrogen-bond donors (Lipinski definition) is 0. The number of rotatable bonds is 3. The molecule has 1 heterocycles. The van der Waals surface area contributed by atoms with Gasteiger partial charge in [-0.2, -0.15) is 0 Å². The lowest BCUT2D eigenvalue weighted by Crippen LogP contribution is -2.41. The summed E-state index contributed by atoms with van der Waals surface area (Å²) in [5, 5.41) is 0. The Labute approximate surface area is 99.1 Å². The van der Waals surface area contributed by atoms with Gasteiger partial charge in [-0.05, 0) is 48.6 Å². The van der Waals surface area contributed by atoms with Crippen molar-refractivity contribution >= 4 is 5.78 Å². The molecule has 0 aromatic heterocycles. The predicted octanol–water partition coefficient (Wildman–Crippen LogP) is 2.10. The van der Waals surface area contributed by atoms with Crippen molar-refractivity contribution in [2.45, 2.75) is 58.8 Å². The fourth-order valence-electron chi connectivity index (χ4n) is 2.32. The van der Waals surface area contributed by atoms with Crippen molar-refractivity contribution in [2.75, 3.05) is 13.6 Å². The number of hydrogen-bond acceptors (Lipinski definition) is 3. The molecule has 1 saturated heterocycles. The second-order valence-electron chi connectivity index (χ2n) is 6.17. The molecule has 0 radical (unpaired) electrons. The van der Waals surface area contributed by atoms with Gasteiger partial charge in [-0.15, -0.1) is 0 Å². The molecule has 3 nitrogen and oxygen atoms in total. The topological polar surface area (TPSA) is 29.5 Å². The fraction of sp³-hybridized carbons (Fsp3) is 0.923. The number of ketones is 1. The van der Waals surface area contributed by atoms with Gasteiger partial charge in [0.25, 0.3) is 0 Å².